The van der Waals surface area contributed by atoms with Crippen molar-refractivity contribution in [2.24, 2.45) is 0 Å². The first kappa shape index (κ1) is 13.3. The number of benzene rings is 1. The van der Waals surface area contributed by atoms with E-state index >= 15 is 0 Å². The van der Waals surface area contributed by atoms with Crippen molar-refractivity contribution in [1.82, 2.24) is 0 Å². The van der Waals surface area contributed by atoms with Gasteiger partial charge in [0.2, 0.25) is 0 Å². The van der Waals surface area contributed by atoms with Crippen LogP contribution in [0.15, 0.2) is 30.3 Å². The number of carboxylic acid groups (broad SMARTS) is 1. The van der Waals surface area contributed by atoms with Crippen LogP contribution in [0.4, 0.5) is 0 Å². The van der Waals surface area contributed by atoms with E-state index < -0.39 is 5.97 Å². The van der Waals surface area contributed by atoms with Crippen molar-refractivity contribution in [2.75, 3.05) is 6.61 Å². The van der Waals surface area contributed by atoms with Gasteiger partial charge in [-0.2, -0.15) is 0 Å². The molecule has 1 aromatic rings. The standard InChI is InChI=1S/C14H18O3/c1-2-3-4-11-17-13-8-5-12(6-9-13)7-10-14(15)16/h5-10H,2-4,11H2,1H3,(H,15,16)/p-1/b10-7+. The monoisotopic (exact) mass is 233 g/mol. The van der Waals surface area contributed by atoms with Crippen LogP contribution in [0.3, 0.4) is 0 Å². The number of hydrogen-bond donors (Lipinski definition) is 0. The molecule has 0 radical (unpaired) electrons. The summed E-state index contributed by atoms with van der Waals surface area (Å²) in [6.45, 7) is 2.88. The summed E-state index contributed by atoms with van der Waals surface area (Å²) in [5.41, 5.74) is 0.815. The molecule has 0 amide bonds. The lowest BCUT2D eigenvalue weighted by Crippen LogP contribution is -2.18. The van der Waals surface area contributed by atoms with Crippen LogP contribution < -0.4 is 9.84 Å². The lowest BCUT2D eigenvalue weighted by atomic mass is 10.2. The number of aliphatic carboxylic acids is 1. The maximum Gasteiger partial charge on any atom is 0.119 e. The van der Waals surface area contributed by atoms with Gasteiger partial charge in [-0.15, -0.1) is 0 Å². The van der Waals surface area contributed by atoms with Crippen molar-refractivity contribution in [1.29, 1.82) is 0 Å². The molecule has 1 aromatic carbocycles. The van der Waals surface area contributed by atoms with Gasteiger partial charge in [0.1, 0.15) is 5.75 Å². The highest BCUT2D eigenvalue weighted by atomic mass is 16.5. The van der Waals surface area contributed by atoms with Gasteiger partial charge in [-0.1, -0.05) is 38.0 Å². The molecule has 0 atom stereocenters. The summed E-state index contributed by atoms with van der Waals surface area (Å²) in [5.74, 6) is -0.378. The van der Waals surface area contributed by atoms with Crippen molar-refractivity contribution >= 4 is 12.0 Å². The maximum absolute atomic E-state index is 10.2. The summed E-state index contributed by atoms with van der Waals surface area (Å²) in [7, 11) is 0. The highest BCUT2D eigenvalue weighted by Gasteiger charge is 1.93. The lowest BCUT2D eigenvalue weighted by Gasteiger charge is -2.05. The zero-order valence-electron chi connectivity index (χ0n) is 10.0. The van der Waals surface area contributed by atoms with E-state index in [1.165, 1.54) is 18.9 Å². The third-order valence-electron chi connectivity index (χ3n) is 2.31. The zero-order valence-corrected chi connectivity index (χ0v) is 10.0. The second-order valence-corrected chi connectivity index (χ2v) is 3.78. The molecule has 3 nitrogen and oxygen atoms in total. The van der Waals surface area contributed by atoms with Gasteiger partial charge >= 0.3 is 0 Å². The Balaban J connectivity index is 2.42. The number of carbonyl (C=O) groups is 1. The Kier molecular flexibility index (Phi) is 5.86. The van der Waals surface area contributed by atoms with Crippen LogP contribution in [-0.4, -0.2) is 12.6 Å². The molecule has 1 rings (SSSR count). The average Bonchev–Trinajstić information content (AvgIpc) is 2.33. The van der Waals surface area contributed by atoms with E-state index in [2.05, 4.69) is 6.92 Å². The van der Waals surface area contributed by atoms with Gasteiger partial charge in [0.25, 0.3) is 0 Å². The lowest BCUT2D eigenvalue weighted by molar-refractivity contribution is -0.297. The fourth-order valence-corrected chi connectivity index (χ4v) is 1.38. The molecule has 0 heterocycles. The Morgan fingerprint density at radius 2 is 2.00 bits per heavy atom. The topological polar surface area (TPSA) is 49.4 Å². The van der Waals surface area contributed by atoms with Gasteiger partial charge in [0.05, 0.1) is 12.6 Å². The van der Waals surface area contributed by atoms with Crippen molar-refractivity contribution in [3.05, 3.63) is 35.9 Å². The predicted octanol–water partition coefficient (Wildman–Crippen LogP) is 2.02. The Bertz CT molecular complexity index is 366. The predicted molar refractivity (Wildman–Crippen MR) is 65.5 cm³/mol. The SMILES string of the molecule is CCCCCOc1ccc(/C=C/C(=O)[O-])cc1. The third-order valence-corrected chi connectivity index (χ3v) is 2.31. The van der Waals surface area contributed by atoms with Crippen LogP contribution in [0, 0.1) is 0 Å². The molecule has 0 spiro atoms. The highest BCUT2D eigenvalue weighted by Crippen LogP contribution is 2.13. The second-order valence-electron chi connectivity index (χ2n) is 3.78. The Labute approximate surface area is 102 Å². The van der Waals surface area contributed by atoms with Crippen LogP contribution in [0.2, 0.25) is 0 Å². The molecule has 3 heteroatoms. The van der Waals surface area contributed by atoms with E-state index in [9.17, 15) is 9.90 Å². The van der Waals surface area contributed by atoms with E-state index in [1.54, 1.807) is 0 Å². The molecule has 0 saturated heterocycles. The van der Waals surface area contributed by atoms with E-state index in [1.807, 2.05) is 24.3 Å². The summed E-state index contributed by atoms with van der Waals surface area (Å²) in [6, 6.07) is 7.30. The number of carboxylic acids is 1. The summed E-state index contributed by atoms with van der Waals surface area (Å²) in [5, 5.41) is 10.2. The van der Waals surface area contributed by atoms with Crippen molar-refractivity contribution in [2.45, 2.75) is 26.2 Å². The number of unbranched alkanes of at least 4 members (excludes halogenated alkanes) is 2. The number of carbonyl (C=O) groups excluding carboxylic acids is 1. The number of rotatable bonds is 7. The normalized spacial score (nSPS) is 10.6. The fraction of sp³-hybridized carbons (Fsp3) is 0.357. The van der Waals surface area contributed by atoms with E-state index in [-0.39, 0.29) is 0 Å². The summed E-state index contributed by atoms with van der Waals surface area (Å²) in [4.78, 5) is 10.2. The number of ether oxygens (including phenoxy) is 1. The molecule has 0 unspecified atom stereocenters. The van der Waals surface area contributed by atoms with Gasteiger partial charge in [0, 0.05) is 0 Å². The van der Waals surface area contributed by atoms with Crippen LogP contribution in [-0.2, 0) is 4.79 Å². The van der Waals surface area contributed by atoms with Gasteiger partial charge in [0.15, 0.2) is 0 Å². The third kappa shape index (κ3) is 5.76. The second kappa shape index (κ2) is 7.49. The quantitative estimate of drug-likeness (QED) is 0.534. The molecule has 0 aliphatic carbocycles. The minimum atomic E-state index is -1.19. The van der Waals surface area contributed by atoms with E-state index in [0.29, 0.717) is 0 Å². The smallest absolute Gasteiger partial charge is 0.119 e. The van der Waals surface area contributed by atoms with E-state index in [0.717, 1.165) is 30.4 Å². The highest BCUT2D eigenvalue weighted by molar-refractivity contribution is 5.83. The minimum absolute atomic E-state index is 0.724. The molecular weight excluding hydrogens is 216 g/mol. The molecule has 0 N–H and O–H groups in total. The first-order valence-electron chi connectivity index (χ1n) is 5.84. The molecular formula is C14H17O3-. The van der Waals surface area contributed by atoms with Crippen molar-refractivity contribution in [3.8, 4) is 5.75 Å². The van der Waals surface area contributed by atoms with Gasteiger partial charge in [-0.25, -0.2) is 0 Å². The molecule has 0 aromatic heterocycles. The van der Waals surface area contributed by atoms with Gasteiger partial charge in [-0.3, -0.25) is 0 Å². The molecule has 17 heavy (non-hydrogen) atoms. The zero-order chi connectivity index (χ0) is 12.5. The fourth-order valence-electron chi connectivity index (χ4n) is 1.38. The largest absolute Gasteiger partial charge is 0.545 e. The van der Waals surface area contributed by atoms with Crippen molar-refractivity contribution < 1.29 is 14.6 Å². The minimum Gasteiger partial charge on any atom is -0.545 e. The van der Waals surface area contributed by atoms with Crippen LogP contribution in [0.5, 0.6) is 5.75 Å². The average molecular weight is 233 g/mol. The Morgan fingerprint density at radius 3 is 2.59 bits per heavy atom. The van der Waals surface area contributed by atoms with Crippen LogP contribution >= 0.6 is 0 Å². The molecule has 0 bridgehead atoms. The summed E-state index contributed by atoms with van der Waals surface area (Å²) >= 11 is 0. The maximum atomic E-state index is 10.2. The molecule has 0 saturated carbocycles. The molecule has 0 fully saturated rings. The van der Waals surface area contributed by atoms with Crippen molar-refractivity contribution in [3.63, 3.8) is 0 Å². The van der Waals surface area contributed by atoms with Gasteiger partial charge in [-0.05, 0) is 30.2 Å². The molecule has 92 valence electrons. The first-order chi connectivity index (χ1) is 8.22. The summed E-state index contributed by atoms with van der Waals surface area (Å²) in [6.07, 6.45) is 5.92. The Hall–Kier alpha value is -1.77. The molecule has 0 aliphatic heterocycles. The van der Waals surface area contributed by atoms with E-state index in [4.69, 9.17) is 4.74 Å². The first-order valence-corrected chi connectivity index (χ1v) is 5.84. The van der Waals surface area contributed by atoms with Gasteiger partial charge < -0.3 is 14.6 Å². The molecule has 0 aliphatic rings. The Morgan fingerprint density at radius 1 is 1.29 bits per heavy atom. The summed E-state index contributed by atoms with van der Waals surface area (Å²) < 4.78 is 5.54. The van der Waals surface area contributed by atoms with Crippen LogP contribution in [0.25, 0.3) is 6.08 Å². The van der Waals surface area contributed by atoms with Crippen LogP contribution in [0.1, 0.15) is 31.7 Å². The number of hydrogen-bond acceptors (Lipinski definition) is 3.